The summed E-state index contributed by atoms with van der Waals surface area (Å²) in [6, 6.07) is 0.378. The number of nitrogens with two attached hydrogens (primary N) is 1. The number of amides is 1. The van der Waals surface area contributed by atoms with Gasteiger partial charge in [-0.3, -0.25) is 4.79 Å². The Morgan fingerprint density at radius 1 is 1.47 bits per heavy atom. The summed E-state index contributed by atoms with van der Waals surface area (Å²) >= 11 is 0. The maximum absolute atomic E-state index is 13.0. The monoisotopic (exact) mass is 264 g/mol. The fourth-order valence-electron chi connectivity index (χ4n) is 3.98. The van der Waals surface area contributed by atoms with E-state index < -0.39 is 5.54 Å². The van der Waals surface area contributed by atoms with Crippen LogP contribution in [0.3, 0.4) is 0 Å². The Labute approximate surface area is 115 Å². The molecule has 3 atom stereocenters. The molecule has 1 aliphatic heterocycles. The van der Waals surface area contributed by atoms with Crippen molar-refractivity contribution < 1.29 is 9.53 Å². The third-order valence-corrected chi connectivity index (χ3v) is 5.38. The summed E-state index contributed by atoms with van der Waals surface area (Å²) in [5.41, 5.74) is 5.56. The molecule has 2 saturated carbocycles. The van der Waals surface area contributed by atoms with Crippen LogP contribution in [0.15, 0.2) is 12.7 Å². The number of rotatable bonds is 4. The lowest BCUT2D eigenvalue weighted by molar-refractivity contribution is -0.184. The van der Waals surface area contributed by atoms with Gasteiger partial charge in [0.25, 0.3) is 0 Å². The average molecular weight is 264 g/mol. The molecule has 1 heterocycles. The zero-order chi connectivity index (χ0) is 13.8. The first kappa shape index (κ1) is 13.1. The highest BCUT2D eigenvalue weighted by atomic mass is 16.5. The van der Waals surface area contributed by atoms with Crippen LogP contribution in [0, 0.1) is 11.3 Å². The number of ether oxygens (including phenoxy) is 1. The number of fused-ring (bicyclic) bond motifs is 1. The van der Waals surface area contributed by atoms with Gasteiger partial charge in [-0.1, -0.05) is 19.9 Å². The second kappa shape index (κ2) is 4.06. The second-order valence-corrected chi connectivity index (χ2v) is 6.75. The van der Waals surface area contributed by atoms with Gasteiger partial charge in [-0.25, -0.2) is 0 Å². The summed E-state index contributed by atoms with van der Waals surface area (Å²) in [5, 5.41) is 0. The van der Waals surface area contributed by atoms with Crippen molar-refractivity contribution in [3.63, 3.8) is 0 Å². The van der Waals surface area contributed by atoms with Crippen molar-refractivity contribution in [2.45, 2.75) is 50.8 Å². The molecule has 0 aromatic heterocycles. The van der Waals surface area contributed by atoms with E-state index in [0.29, 0.717) is 12.6 Å². The van der Waals surface area contributed by atoms with Gasteiger partial charge in [0.1, 0.15) is 5.54 Å². The summed E-state index contributed by atoms with van der Waals surface area (Å²) in [6.45, 7) is 9.23. The molecule has 3 aliphatic rings. The fourth-order valence-corrected chi connectivity index (χ4v) is 3.98. The summed E-state index contributed by atoms with van der Waals surface area (Å²) in [6.07, 6.45) is 5.05. The van der Waals surface area contributed by atoms with Gasteiger partial charge in [0.15, 0.2) is 0 Å². The highest BCUT2D eigenvalue weighted by molar-refractivity contribution is 5.90. The van der Waals surface area contributed by atoms with Gasteiger partial charge in [-0.15, -0.1) is 6.58 Å². The number of hydrogen-bond donors (Lipinski definition) is 1. The Morgan fingerprint density at radius 2 is 2.16 bits per heavy atom. The van der Waals surface area contributed by atoms with Crippen LogP contribution in [0.25, 0.3) is 0 Å². The van der Waals surface area contributed by atoms with Crippen LogP contribution in [0.4, 0.5) is 0 Å². The van der Waals surface area contributed by atoms with Crippen LogP contribution in [0.5, 0.6) is 0 Å². The van der Waals surface area contributed by atoms with Gasteiger partial charge in [-0.05, 0) is 19.3 Å². The van der Waals surface area contributed by atoms with E-state index in [1.165, 1.54) is 0 Å². The Hall–Kier alpha value is -0.870. The standard InChI is InChI=1S/C15H24N2O2/c1-4-8-17(10-5-6-10)13(18)15(16)11-7-9-19-12(11)14(15,2)3/h4,10-12H,1,5-9,16H2,2-3H3. The lowest BCUT2D eigenvalue weighted by atomic mass is 9.47. The largest absolute Gasteiger partial charge is 0.377 e. The molecule has 0 spiro atoms. The zero-order valence-electron chi connectivity index (χ0n) is 11.9. The molecule has 3 fully saturated rings. The van der Waals surface area contributed by atoms with Gasteiger partial charge in [0.2, 0.25) is 5.91 Å². The molecule has 0 aromatic rings. The SMILES string of the molecule is C=CCN(C(=O)C1(N)C2CCOC2C1(C)C)C1CC1. The van der Waals surface area contributed by atoms with Gasteiger partial charge < -0.3 is 15.4 Å². The Morgan fingerprint density at radius 3 is 2.74 bits per heavy atom. The highest BCUT2D eigenvalue weighted by Crippen LogP contribution is 2.59. The Bertz CT molecular complexity index is 416. The van der Waals surface area contributed by atoms with Crippen molar-refractivity contribution in [3.05, 3.63) is 12.7 Å². The smallest absolute Gasteiger partial charge is 0.244 e. The van der Waals surface area contributed by atoms with Crippen molar-refractivity contribution in [3.8, 4) is 0 Å². The quantitative estimate of drug-likeness (QED) is 0.779. The molecule has 0 bridgehead atoms. The third kappa shape index (κ3) is 1.56. The molecule has 3 unspecified atom stereocenters. The minimum Gasteiger partial charge on any atom is -0.377 e. The second-order valence-electron chi connectivity index (χ2n) is 6.75. The number of carbonyl (C=O) groups is 1. The maximum Gasteiger partial charge on any atom is 0.244 e. The van der Waals surface area contributed by atoms with Crippen LogP contribution in [0.1, 0.15) is 33.1 Å². The predicted octanol–water partition coefficient (Wildman–Crippen LogP) is 1.31. The lowest BCUT2D eigenvalue weighted by Crippen LogP contribution is -2.80. The van der Waals surface area contributed by atoms with E-state index in [4.69, 9.17) is 10.5 Å². The molecule has 2 N–H and O–H groups in total. The lowest BCUT2D eigenvalue weighted by Gasteiger charge is -2.61. The molecule has 0 radical (unpaired) electrons. The normalized spacial score (nSPS) is 39.3. The van der Waals surface area contributed by atoms with Gasteiger partial charge >= 0.3 is 0 Å². The van der Waals surface area contributed by atoms with E-state index in [1.807, 2.05) is 4.90 Å². The minimum absolute atomic E-state index is 0.103. The average Bonchev–Trinajstić information content (AvgIpc) is 3.10. The molecular weight excluding hydrogens is 240 g/mol. The summed E-state index contributed by atoms with van der Waals surface area (Å²) in [7, 11) is 0. The van der Waals surface area contributed by atoms with Gasteiger partial charge in [0.05, 0.1) is 6.10 Å². The van der Waals surface area contributed by atoms with E-state index in [1.54, 1.807) is 6.08 Å². The first-order valence-electron chi connectivity index (χ1n) is 7.27. The molecule has 0 aromatic carbocycles. The van der Waals surface area contributed by atoms with E-state index >= 15 is 0 Å². The van der Waals surface area contributed by atoms with Gasteiger partial charge in [0, 0.05) is 30.5 Å². The van der Waals surface area contributed by atoms with E-state index in [-0.39, 0.29) is 23.3 Å². The highest BCUT2D eigenvalue weighted by Gasteiger charge is 2.72. The van der Waals surface area contributed by atoms with Crippen molar-refractivity contribution in [2.24, 2.45) is 17.1 Å². The van der Waals surface area contributed by atoms with Crippen LogP contribution in [-0.2, 0) is 9.53 Å². The number of nitrogens with zero attached hydrogens (tertiary/aromatic N) is 1. The maximum atomic E-state index is 13.0. The molecule has 1 saturated heterocycles. The Kier molecular flexibility index (Phi) is 2.81. The van der Waals surface area contributed by atoms with E-state index in [2.05, 4.69) is 20.4 Å². The van der Waals surface area contributed by atoms with E-state index in [0.717, 1.165) is 25.9 Å². The van der Waals surface area contributed by atoms with Crippen LogP contribution in [-0.4, -0.2) is 41.6 Å². The number of hydrogen-bond acceptors (Lipinski definition) is 3. The molecular formula is C15H24N2O2. The van der Waals surface area contributed by atoms with Gasteiger partial charge in [-0.2, -0.15) is 0 Å². The molecule has 3 rings (SSSR count). The molecule has 4 heteroatoms. The topological polar surface area (TPSA) is 55.6 Å². The van der Waals surface area contributed by atoms with Crippen LogP contribution >= 0.6 is 0 Å². The van der Waals surface area contributed by atoms with Crippen LogP contribution < -0.4 is 5.73 Å². The first-order valence-corrected chi connectivity index (χ1v) is 7.27. The van der Waals surface area contributed by atoms with Crippen LogP contribution in [0.2, 0.25) is 0 Å². The minimum atomic E-state index is -0.764. The summed E-state index contributed by atoms with van der Waals surface area (Å²) in [5.74, 6) is 0.285. The van der Waals surface area contributed by atoms with Crippen molar-refractivity contribution in [1.29, 1.82) is 0 Å². The number of carbonyl (C=O) groups excluding carboxylic acids is 1. The van der Waals surface area contributed by atoms with Crippen molar-refractivity contribution >= 4 is 5.91 Å². The first-order chi connectivity index (χ1) is 8.94. The fraction of sp³-hybridized carbons (Fsp3) is 0.800. The van der Waals surface area contributed by atoms with Crippen molar-refractivity contribution in [2.75, 3.05) is 13.2 Å². The summed E-state index contributed by atoms with van der Waals surface area (Å²) < 4.78 is 5.76. The Balaban J connectivity index is 1.86. The molecule has 19 heavy (non-hydrogen) atoms. The third-order valence-electron chi connectivity index (χ3n) is 5.38. The molecule has 4 nitrogen and oxygen atoms in total. The molecule has 2 aliphatic carbocycles. The predicted molar refractivity (Wildman–Crippen MR) is 73.5 cm³/mol. The van der Waals surface area contributed by atoms with E-state index in [9.17, 15) is 4.79 Å². The molecule has 1 amide bonds. The molecule has 106 valence electrons. The summed E-state index contributed by atoms with van der Waals surface area (Å²) in [4.78, 5) is 14.9. The zero-order valence-corrected chi connectivity index (χ0v) is 11.9. The van der Waals surface area contributed by atoms with Crippen molar-refractivity contribution in [1.82, 2.24) is 4.90 Å².